The van der Waals surface area contributed by atoms with E-state index in [0.29, 0.717) is 19.3 Å². The summed E-state index contributed by atoms with van der Waals surface area (Å²) in [6.07, 6.45) is -0.447. The molecule has 39 heavy (non-hydrogen) atoms. The molecule has 0 unspecified atom stereocenters. The highest BCUT2D eigenvalue weighted by Crippen LogP contribution is 2.76. The fourth-order valence-corrected chi connectivity index (χ4v) is 11.1. The molecule has 4 spiro atoms. The molecule has 10 heteroatoms. The van der Waals surface area contributed by atoms with Gasteiger partial charge in [0.05, 0.1) is 24.0 Å². The van der Waals surface area contributed by atoms with Crippen LogP contribution in [0.15, 0.2) is 0 Å². The lowest BCUT2D eigenvalue weighted by atomic mass is 9.60. The Hall–Kier alpha value is -1.88. The Morgan fingerprint density at radius 2 is 1.64 bits per heavy atom. The van der Waals surface area contributed by atoms with Crippen molar-refractivity contribution in [2.75, 3.05) is 0 Å². The van der Waals surface area contributed by atoms with Crippen LogP contribution in [0.2, 0.25) is 0 Å². The Balaban J connectivity index is 1.25. The molecule has 0 aromatic heterocycles. The largest absolute Gasteiger partial charge is 0.459 e. The smallest absolute Gasteiger partial charge is 0.311 e. The lowest BCUT2D eigenvalue weighted by Crippen LogP contribution is -2.64. The molecule has 9 fully saturated rings. The predicted molar refractivity (Wildman–Crippen MR) is 127 cm³/mol. The van der Waals surface area contributed by atoms with E-state index in [9.17, 15) is 19.2 Å². The van der Waals surface area contributed by atoms with Gasteiger partial charge in [0, 0.05) is 35.5 Å². The van der Waals surface area contributed by atoms with E-state index in [4.69, 9.17) is 28.4 Å². The number of hydrogen-bond acceptors (Lipinski definition) is 10. The number of esters is 2. The molecule has 14 atom stereocenters. The zero-order chi connectivity index (χ0) is 27.3. The van der Waals surface area contributed by atoms with Crippen LogP contribution in [-0.4, -0.2) is 76.1 Å². The lowest BCUT2D eigenvalue weighted by molar-refractivity contribution is -0.332. The molecule has 2 aliphatic carbocycles. The van der Waals surface area contributed by atoms with Crippen LogP contribution in [0.4, 0.5) is 0 Å². The van der Waals surface area contributed by atoms with Crippen LogP contribution < -0.4 is 0 Å². The molecule has 2 bridgehead atoms. The summed E-state index contributed by atoms with van der Waals surface area (Å²) < 4.78 is 38.8. The summed E-state index contributed by atoms with van der Waals surface area (Å²) in [5.41, 5.74) is -4.84. The standard InChI is InChI=1S/C29H34O10/c1-11-17-19-18(12(2)22(32)34-19)38-29-20(17)25(5,21(11)31)6-7-26(39-29)10-27-13(8-15-28(26,36-15)23(29)33)24(3,4)35-14(27)9-16(30)37-27/h11-15,17-20H,6-10H2,1-5H3/t11-,12-,13-,14+,15-,17+,18+,19+,20-,25-,26-,27+,28+,29-/m0/s1. The Labute approximate surface area is 225 Å². The first-order valence-corrected chi connectivity index (χ1v) is 14.5. The molecule has 0 N–H and O–H groups in total. The van der Waals surface area contributed by atoms with Gasteiger partial charge in [-0.25, -0.2) is 0 Å². The van der Waals surface area contributed by atoms with Crippen LogP contribution >= 0.6 is 0 Å². The third-order valence-corrected chi connectivity index (χ3v) is 12.7. The van der Waals surface area contributed by atoms with Crippen LogP contribution in [0.25, 0.3) is 0 Å². The van der Waals surface area contributed by atoms with Gasteiger partial charge in [-0.05, 0) is 40.0 Å². The minimum Gasteiger partial charge on any atom is -0.459 e. The first-order chi connectivity index (χ1) is 18.3. The summed E-state index contributed by atoms with van der Waals surface area (Å²) in [6, 6.07) is 0. The molecule has 0 radical (unpaired) electrons. The topological polar surface area (TPSA) is 127 Å². The number of hydrogen-bond donors (Lipinski definition) is 0. The van der Waals surface area contributed by atoms with Gasteiger partial charge in [0.25, 0.3) is 0 Å². The lowest BCUT2D eigenvalue weighted by Gasteiger charge is -2.49. The van der Waals surface area contributed by atoms with Crippen LogP contribution in [-0.2, 0) is 47.6 Å². The van der Waals surface area contributed by atoms with Gasteiger partial charge in [0.2, 0.25) is 11.6 Å². The quantitative estimate of drug-likeness (QED) is 0.329. The van der Waals surface area contributed by atoms with E-state index >= 15 is 0 Å². The van der Waals surface area contributed by atoms with Gasteiger partial charge < -0.3 is 28.4 Å². The van der Waals surface area contributed by atoms with Gasteiger partial charge in [-0.3, -0.25) is 19.2 Å². The van der Waals surface area contributed by atoms with Gasteiger partial charge in [0.15, 0.2) is 5.60 Å². The minimum atomic E-state index is -1.74. The summed E-state index contributed by atoms with van der Waals surface area (Å²) in [5.74, 6) is -4.86. The van der Waals surface area contributed by atoms with Crippen molar-refractivity contribution in [1.29, 1.82) is 0 Å². The van der Waals surface area contributed by atoms with Crippen LogP contribution in [0.5, 0.6) is 0 Å². The second kappa shape index (κ2) is 6.30. The van der Waals surface area contributed by atoms with Crippen molar-refractivity contribution in [2.24, 2.45) is 35.0 Å². The zero-order valence-corrected chi connectivity index (χ0v) is 22.8. The third-order valence-electron chi connectivity index (χ3n) is 12.7. The zero-order valence-electron chi connectivity index (χ0n) is 22.8. The summed E-state index contributed by atoms with van der Waals surface area (Å²) >= 11 is 0. The second-order valence-electron chi connectivity index (χ2n) is 14.6. The number of epoxide rings is 1. The maximum absolute atomic E-state index is 15.0. The van der Waals surface area contributed by atoms with E-state index in [1.54, 1.807) is 6.92 Å². The van der Waals surface area contributed by atoms with Gasteiger partial charge in [0.1, 0.15) is 35.3 Å². The number of carbonyl (C=O) groups is 4. The average Bonchev–Trinajstić information content (AvgIpc) is 3.29. The van der Waals surface area contributed by atoms with E-state index in [0.717, 1.165) is 0 Å². The normalized spacial score (nSPS) is 62.6. The van der Waals surface area contributed by atoms with Crippen molar-refractivity contribution in [2.45, 2.75) is 119 Å². The van der Waals surface area contributed by atoms with Crippen molar-refractivity contribution in [1.82, 2.24) is 0 Å². The molecule has 9 rings (SSSR count). The number of Topliss-reactive ketones (excluding diaryl/α,β-unsaturated/α-hetero) is 2. The summed E-state index contributed by atoms with van der Waals surface area (Å²) in [6.45, 7) is 9.57. The maximum atomic E-state index is 15.0. The number of ether oxygens (including phenoxy) is 6. The predicted octanol–water partition coefficient (Wildman–Crippen LogP) is 1.64. The SMILES string of the molecule is C[C@@H]1C(=O)O[C@H]2[C@@H]1O[C@]13O[C@@]4(CC[C@]5(C)C(=O)[C@@H](C)[C@H]2[C@H]15)C[C@]12OC(=O)C[C@H]1OC(C)(C)[C@@H]2C[C@@H]1O[C@@]14C3=O. The second-order valence-corrected chi connectivity index (χ2v) is 14.6. The Morgan fingerprint density at radius 3 is 2.41 bits per heavy atom. The summed E-state index contributed by atoms with van der Waals surface area (Å²) in [7, 11) is 0. The van der Waals surface area contributed by atoms with Gasteiger partial charge in [-0.1, -0.05) is 13.8 Å². The van der Waals surface area contributed by atoms with E-state index in [2.05, 4.69) is 0 Å². The van der Waals surface area contributed by atoms with Crippen LogP contribution in [0.3, 0.4) is 0 Å². The molecule has 2 saturated carbocycles. The molecule has 0 aromatic carbocycles. The number of fused-ring (bicyclic) bond motifs is 2. The first kappa shape index (κ1) is 23.8. The molecule has 7 heterocycles. The number of carbonyl (C=O) groups excluding carboxylic acids is 4. The summed E-state index contributed by atoms with van der Waals surface area (Å²) in [5, 5.41) is 0. The van der Waals surface area contributed by atoms with Crippen LogP contribution in [0, 0.1) is 35.0 Å². The molecule has 7 saturated heterocycles. The summed E-state index contributed by atoms with van der Waals surface area (Å²) in [4.78, 5) is 54.5. The van der Waals surface area contributed by atoms with Crippen molar-refractivity contribution < 1.29 is 47.6 Å². The van der Waals surface area contributed by atoms with Crippen molar-refractivity contribution in [3.05, 3.63) is 0 Å². The highest BCUT2D eigenvalue weighted by molar-refractivity contribution is 6.03. The highest BCUT2D eigenvalue weighted by atomic mass is 16.8. The average molecular weight is 543 g/mol. The molecule has 9 aliphatic rings. The first-order valence-electron chi connectivity index (χ1n) is 14.5. The van der Waals surface area contributed by atoms with Crippen molar-refractivity contribution in [3.63, 3.8) is 0 Å². The van der Waals surface area contributed by atoms with Crippen LogP contribution in [0.1, 0.15) is 66.7 Å². The monoisotopic (exact) mass is 542 g/mol. The maximum Gasteiger partial charge on any atom is 0.311 e. The molecule has 0 aromatic rings. The van der Waals surface area contributed by atoms with Crippen molar-refractivity contribution >= 4 is 23.5 Å². The number of ketones is 2. The third kappa shape index (κ3) is 2.20. The van der Waals surface area contributed by atoms with Crippen molar-refractivity contribution in [3.8, 4) is 0 Å². The fraction of sp³-hybridized carbons (Fsp3) is 0.862. The Bertz CT molecular complexity index is 1310. The Kier molecular flexibility index (Phi) is 3.84. The molecule has 7 aliphatic heterocycles. The Morgan fingerprint density at radius 1 is 0.872 bits per heavy atom. The van der Waals surface area contributed by atoms with Gasteiger partial charge >= 0.3 is 11.9 Å². The van der Waals surface area contributed by atoms with E-state index in [1.807, 2.05) is 27.7 Å². The van der Waals surface area contributed by atoms with E-state index in [1.165, 1.54) is 0 Å². The highest BCUT2D eigenvalue weighted by Gasteiger charge is 2.93. The van der Waals surface area contributed by atoms with Gasteiger partial charge in [-0.15, -0.1) is 0 Å². The molecule has 10 nitrogen and oxygen atoms in total. The molecule has 0 amide bonds. The van der Waals surface area contributed by atoms with E-state index < -0.39 is 81.7 Å². The fourth-order valence-electron chi connectivity index (χ4n) is 11.1. The molecule has 210 valence electrons. The number of rotatable bonds is 0. The molecular weight excluding hydrogens is 508 g/mol. The van der Waals surface area contributed by atoms with E-state index in [-0.39, 0.29) is 42.3 Å². The molecular formula is C29H34O10. The van der Waals surface area contributed by atoms with Gasteiger partial charge in [-0.2, -0.15) is 0 Å². The minimum absolute atomic E-state index is 0.0551.